The van der Waals surface area contributed by atoms with Crippen molar-refractivity contribution in [1.29, 1.82) is 0 Å². The van der Waals surface area contributed by atoms with Crippen LogP contribution in [-0.4, -0.2) is 10.1 Å². The van der Waals surface area contributed by atoms with E-state index in [9.17, 15) is 5.11 Å². The number of hydrogen-bond donors (Lipinski definition) is 2. The third-order valence-electron chi connectivity index (χ3n) is 4.32. The molecule has 0 bridgehead atoms. The summed E-state index contributed by atoms with van der Waals surface area (Å²) in [7, 11) is 0. The van der Waals surface area contributed by atoms with E-state index in [1.807, 2.05) is 72.9 Å². The van der Waals surface area contributed by atoms with Crippen molar-refractivity contribution in [2.75, 3.05) is 5.32 Å². The summed E-state index contributed by atoms with van der Waals surface area (Å²) in [6.45, 7) is 0. The molecule has 2 aromatic carbocycles. The summed E-state index contributed by atoms with van der Waals surface area (Å²) in [6, 6.07) is 20.7. The highest BCUT2D eigenvalue weighted by molar-refractivity contribution is 6.31. The molecule has 4 aromatic rings. The molecular weight excluding hydrogens is 346 g/mol. The number of anilines is 1. The molecule has 0 saturated heterocycles. The predicted molar refractivity (Wildman–Crippen MR) is 103 cm³/mol. The third kappa shape index (κ3) is 3.07. The lowest BCUT2D eigenvalue weighted by atomic mass is 9.96. The number of hydrogen-bond acceptors (Lipinski definition) is 3. The van der Waals surface area contributed by atoms with Gasteiger partial charge in [0.2, 0.25) is 0 Å². The van der Waals surface area contributed by atoms with E-state index in [0.29, 0.717) is 16.1 Å². The number of aromatic nitrogens is 2. The number of aromatic amines is 1. The first-order valence-electron chi connectivity index (χ1n) is 8.28. The molecule has 1 atom stereocenters. The van der Waals surface area contributed by atoms with Gasteiger partial charge in [-0.2, -0.15) is 0 Å². The van der Waals surface area contributed by atoms with Crippen LogP contribution >= 0.6 is 11.6 Å². The van der Waals surface area contributed by atoms with Gasteiger partial charge in [0.25, 0.3) is 5.82 Å². The summed E-state index contributed by atoms with van der Waals surface area (Å²) in [5.74, 6) is 0.967. The SMILES string of the molecule is Oc1c([C@@H](Nc2cccc[nH+]2)c2ccccc2Cl)ccc2cccnc12. The molecule has 4 rings (SSSR count). The van der Waals surface area contributed by atoms with Crippen molar-refractivity contribution in [3.8, 4) is 5.75 Å². The molecular formula is C21H17ClN3O+. The fourth-order valence-electron chi connectivity index (χ4n) is 3.05. The van der Waals surface area contributed by atoms with Gasteiger partial charge in [0.15, 0.2) is 0 Å². The number of halogens is 1. The Bertz CT molecular complexity index is 1050. The summed E-state index contributed by atoms with van der Waals surface area (Å²) in [4.78, 5) is 7.49. The Hall–Kier alpha value is -3.11. The fraction of sp³-hybridized carbons (Fsp3) is 0.0476. The standard InChI is InChI=1S/C21H16ClN3O/c22-17-8-2-1-7-15(17)20(25-18-9-3-4-12-23-18)16-11-10-14-6-5-13-24-19(14)21(16)26/h1-13,20,26H,(H,23,25)/p+1/t20-/m0/s1. The van der Waals surface area contributed by atoms with Gasteiger partial charge in [-0.3, -0.25) is 10.3 Å². The average Bonchev–Trinajstić information content (AvgIpc) is 2.68. The Morgan fingerprint density at radius 2 is 1.77 bits per heavy atom. The quantitative estimate of drug-likeness (QED) is 0.557. The van der Waals surface area contributed by atoms with E-state index < -0.39 is 0 Å². The molecule has 2 heterocycles. The summed E-state index contributed by atoms with van der Waals surface area (Å²) in [6.07, 6.45) is 3.52. The number of pyridine rings is 2. The average molecular weight is 363 g/mol. The first-order chi connectivity index (χ1) is 12.7. The fourth-order valence-corrected chi connectivity index (χ4v) is 3.29. The predicted octanol–water partition coefficient (Wildman–Crippen LogP) is 4.61. The number of nitrogens with zero attached hydrogens (tertiary/aromatic N) is 1. The largest absolute Gasteiger partial charge is 0.505 e. The van der Waals surface area contributed by atoms with Gasteiger partial charge in [-0.15, -0.1) is 0 Å². The molecule has 0 aliphatic carbocycles. The zero-order chi connectivity index (χ0) is 17.9. The van der Waals surface area contributed by atoms with Crippen molar-refractivity contribution < 1.29 is 10.1 Å². The molecule has 0 aliphatic heterocycles. The zero-order valence-electron chi connectivity index (χ0n) is 13.9. The van der Waals surface area contributed by atoms with Gasteiger partial charge in [0.1, 0.15) is 17.3 Å². The topological polar surface area (TPSA) is 59.3 Å². The van der Waals surface area contributed by atoms with Crippen LogP contribution < -0.4 is 10.3 Å². The van der Waals surface area contributed by atoms with Crippen LogP contribution in [0.2, 0.25) is 5.02 Å². The molecule has 0 spiro atoms. The highest BCUT2D eigenvalue weighted by atomic mass is 35.5. The van der Waals surface area contributed by atoms with Crippen LogP contribution in [0.15, 0.2) is 79.1 Å². The van der Waals surface area contributed by atoms with Crippen LogP contribution in [0.3, 0.4) is 0 Å². The second-order valence-electron chi connectivity index (χ2n) is 5.95. The van der Waals surface area contributed by atoms with Gasteiger partial charge in [0, 0.05) is 33.8 Å². The van der Waals surface area contributed by atoms with E-state index >= 15 is 0 Å². The van der Waals surface area contributed by atoms with Crippen molar-refractivity contribution in [2.45, 2.75) is 6.04 Å². The molecule has 3 N–H and O–H groups in total. The number of phenols is 1. The Morgan fingerprint density at radius 1 is 0.923 bits per heavy atom. The van der Waals surface area contributed by atoms with Crippen molar-refractivity contribution in [3.05, 3.63) is 95.3 Å². The van der Waals surface area contributed by atoms with Crippen LogP contribution in [0.25, 0.3) is 10.9 Å². The minimum Gasteiger partial charge on any atom is -0.505 e. The summed E-state index contributed by atoms with van der Waals surface area (Å²) in [5.41, 5.74) is 2.15. The normalized spacial score (nSPS) is 12.0. The zero-order valence-corrected chi connectivity index (χ0v) is 14.6. The number of rotatable bonds is 4. The van der Waals surface area contributed by atoms with Crippen molar-refractivity contribution >= 4 is 28.3 Å². The Morgan fingerprint density at radius 3 is 2.58 bits per heavy atom. The lowest BCUT2D eigenvalue weighted by molar-refractivity contribution is -0.361. The van der Waals surface area contributed by atoms with Crippen LogP contribution in [0, 0.1) is 0 Å². The van der Waals surface area contributed by atoms with Crippen molar-refractivity contribution in [1.82, 2.24) is 4.98 Å². The van der Waals surface area contributed by atoms with Crippen molar-refractivity contribution in [3.63, 3.8) is 0 Å². The van der Waals surface area contributed by atoms with E-state index in [-0.39, 0.29) is 11.8 Å². The molecule has 4 nitrogen and oxygen atoms in total. The van der Waals surface area contributed by atoms with Crippen LogP contribution in [0.1, 0.15) is 17.2 Å². The van der Waals surface area contributed by atoms with E-state index in [2.05, 4.69) is 15.3 Å². The highest BCUT2D eigenvalue weighted by Gasteiger charge is 2.25. The minimum absolute atomic E-state index is 0.149. The van der Waals surface area contributed by atoms with Crippen LogP contribution in [-0.2, 0) is 0 Å². The summed E-state index contributed by atoms with van der Waals surface area (Å²) < 4.78 is 0. The lowest BCUT2D eigenvalue weighted by Gasteiger charge is -2.18. The molecule has 0 amide bonds. The smallest absolute Gasteiger partial charge is 0.272 e. The molecule has 2 aromatic heterocycles. The number of aromatic hydroxyl groups is 1. The van der Waals surface area contributed by atoms with Gasteiger partial charge in [0.05, 0.1) is 6.20 Å². The van der Waals surface area contributed by atoms with E-state index in [1.54, 1.807) is 6.20 Å². The summed E-state index contributed by atoms with van der Waals surface area (Å²) in [5, 5.41) is 15.8. The van der Waals surface area contributed by atoms with Gasteiger partial charge >= 0.3 is 0 Å². The second kappa shape index (κ2) is 7.02. The maximum Gasteiger partial charge on any atom is 0.272 e. The number of nitrogens with one attached hydrogen (secondary N) is 2. The Balaban J connectivity index is 1.88. The number of fused-ring (bicyclic) bond motifs is 1. The maximum atomic E-state index is 10.9. The highest BCUT2D eigenvalue weighted by Crippen LogP contribution is 2.38. The molecule has 128 valence electrons. The van der Waals surface area contributed by atoms with E-state index in [0.717, 1.165) is 16.8 Å². The molecule has 0 radical (unpaired) electrons. The van der Waals surface area contributed by atoms with E-state index in [4.69, 9.17) is 11.6 Å². The molecule has 0 unspecified atom stereocenters. The van der Waals surface area contributed by atoms with Gasteiger partial charge in [-0.25, -0.2) is 4.98 Å². The van der Waals surface area contributed by atoms with Gasteiger partial charge in [-0.1, -0.05) is 48.0 Å². The van der Waals surface area contributed by atoms with Crippen molar-refractivity contribution in [2.24, 2.45) is 0 Å². The lowest BCUT2D eigenvalue weighted by Crippen LogP contribution is -2.19. The molecule has 0 fully saturated rings. The first-order valence-corrected chi connectivity index (χ1v) is 8.66. The first kappa shape index (κ1) is 16.4. The Kier molecular flexibility index (Phi) is 4.42. The maximum absolute atomic E-state index is 10.9. The second-order valence-corrected chi connectivity index (χ2v) is 6.36. The number of H-pyrrole nitrogens is 1. The van der Waals surface area contributed by atoms with Gasteiger partial charge in [-0.05, 0) is 24.3 Å². The molecule has 5 heteroatoms. The molecule has 0 saturated carbocycles. The summed E-state index contributed by atoms with van der Waals surface area (Å²) >= 11 is 6.46. The number of phenolic OH excluding ortho intramolecular Hbond substituents is 1. The monoisotopic (exact) mass is 362 g/mol. The molecule has 26 heavy (non-hydrogen) atoms. The third-order valence-corrected chi connectivity index (χ3v) is 4.66. The Labute approximate surface area is 156 Å². The van der Waals surface area contributed by atoms with Crippen LogP contribution in [0.5, 0.6) is 5.75 Å². The van der Waals surface area contributed by atoms with Gasteiger partial charge < -0.3 is 5.11 Å². The van der Waals surface area contributed by atoms with Crippen LogP contribution in [0.4, 0.5) is 5.82 Å². The van der Waals surface area contributed by atoms with E-state index in [1.165, 1.54) is 0 Å². The molecule has 0 aliphatic rings. The number of benzene rings is 2. The minimum atomic E-state index is -0.339.